The second-order valence-electron chi connectivity index (χ2n) is 14.0. The molecule has 288 valence electrons. The van der Waals surface area contributed by atoms with Crippen LogP contribution in [0.2, 0.25) is 0 Å². The lowest BCUT2D eigenvalue weighted by atomic mass is 10.0. The number of carbonyl (C=O) groups excluding carboxylic acids is 2. The van der Waals surface area contributed by atoms with E-state index in [9.17, 15) is 9.59 Å². The number of carbonyl (C=O) groups is 2. The number of unbranched alkanes of at least 4 members (excludes halogenated alkanes) is 22. The number of esters is 2. The lowest BCUT2D eigenvalue weighted by Crippen LogP contribution is -2.19. The summed E-state index contributed by atoms with van der Waals surface area (Å²) in [4.78, 5) is 23.6. The SMILES string of the molecule is CCCCCCCCC(CCCCCCCC)OC(=O)CCCCC.CCCCCCCCCOC(=O)CCCCCCCNCCO. The van der Waals surface area contributed by atoms with Gasteiger partial charge in [-0.1, -0.05) is 163 Å². The normalized spacial score (nSPS) is 11.0. The fourth-order valence-corrected chi connectivity index (χ4v) is 5.90. The number of hydrogen-bond donors (Lipinski definition) is 2. The molecule has 6 heteroatoms. The largest absolute Gasteiger partial charge is 0.466 e. The smallest absolute Gasteiger partial charge is 0.306 e. The van der Waals surface area contributed by atoms with Gasteiger partial charge in [0.1, 0.15) is 6.10 Å². The summed E-state index contributed by atoms with van der Waals surface area (Å²) >= 11 is 0. The van der Waals surface area contributed by atoms with E-state index in [1.165, 1.54) is 128 Å². The van der Waals surface area contributed by atoms with Gasteiger partial charge in [0, 0.05) is 19.4 Å². The highest BCUT2D eigenvalue weighted by atomic mass is 16.5. The number of aliphatic hydroxyl groups excluding tert-OH is 1. The Labute approximate surface area is 300 Å². The first-order chi connectivity index (χ1) is 23.5. The Kier molecular flexibility index (Phi) is 44.8. The summed E-state index contributed by atoms with van der Waals surface area (Å²) in [6.45, 7) is 11.4. The molecule has 0 fully saturated rings. The molecule has 0 spiro atoms. The quantitative estimate of drug-likeness (QED) is 0.0501. The van der Waals surface area contributed by atoms with Crippen molar-refractivity contribution in [2.75, 3.05) is 26.3 Å². The summed E-state index contributed by atoms with van der Waals surface area (Å²) in [6.07, 6.45) is 36.8. The zero-order chi connectivity index (χ0) is 35.6. The van der Waals surface area contributed by atoms with Crippen molar-refractivity contribution in [2.45, 2.75) is 233 Å². The third-order valence-corrected chi connectivity index (χ3v) is 9.08. The topological polar surface area (TPSA) is 84.9 Å². The van der Waals surface area contributed by atoms with Gasteiger partial charge in [0.2, 0.25) is 0 Å². The molecule has 2 N–H and O–H groups in total. The van der Waals surface area contributed by atoms with Crippen LogP contribution in [0.15, 0.2) is 0 Å². The van der Waals surface area contributed by atoms with Crippen molar-refractivity contribution in [1.29, 1.82) is 0 Å². The molecule has 0 saturated heterocycles. The molecule has 0 aromatic rings. The maximum absolute atomic E-state index is 12.1. The Balaban J connectivity index is 0. The first kappa shape index (κ1) is 49.0. The van der Waals surface area contributed by atoms with E-state index in [0.717, 1.165) is 64.3 Å². The van der Waals surface area contributed by atoms with Gasteiger partial charge in [0.05, 0.1) is 13.2 Å². The minimum absolute atomic E-state index is 0.0272. The van der Waals surface area contributed by atoms with Crippen LogP contribution < -0.4 is 5.32 Å². The van der Waals surface area contributed by atoms with E-state index < -0.39 is 0 Å². The zero-order valence-electron chi connectivity index (χ0n) is 32.9. The molecule has 0 heterocycles. The molecule has 48 heavy (non-hydrogen) atoms. The van der Waals surface area contributed by atoms with Crippen LogP contribution in [0.4, 0.5) is 0 Å². The molecule has 0 aromatic carbocycles. The molecule has 0 unspecified atom stereocenters. The Morgan fingerprint density at radius 3 is 1.40 bits per heavy atom. The van der Waals surface area contributed by atoms with Crippen LogP contribution in [0.25, 0.3) is 0 Å². The highest BCUT2D eigenvalue weighted by molar-refractivity contribution is 5.69. The van der Waals surface area contributed by atoms with Crippen molar-refractivity contribution >= 4 is 11.9 Å². The van der Waals surface area contributed by atoms with Crippen LogP contribution in [0.3, 0.4) is 0 Å². The van der Waals surface area contributed by atoms with Gasteiger partial charge in [0.15, 0.2) is 0 Å². The Bertz CT molecular complexity index is 613. The summed E-state index contributed by atoms with van der Waals surface area (Å²) in [5.41, 5.74) is 0. The first-order valence-electron chi connectivity index (χ1n) is 21.2. The molecule has 0 saturated carbocycles. The molecule has 0 bridgehead atoms. The molecule has 0 atom stereocenters. The van der Waals surface area contributed by atoms with E-state index in [4.69, 9.17) is 14.6 Å². The third-order valence-electron chi connectivity index (χ3n) is 9.08. The van der Waals surface area contributed by atoms with Crippen molar-refractivity contribution < 1.29 is 24.2 Å². The van der Waals surface area contributed by atoms with Gasteiger partial charge in [0.25, 0.3) is 0 Å². The third kappa shape index (κ3) is 42.9. The van der Waals surface area contributed by atoms with Crippen LogP contribution in [0, 0.1) is 0 Å². The van der Waals surface area contributed by atoms with E-state index in [0.29, 0.717) is 26.0 Å². The van der Waals surface area contributed by atoms with Crippen LogP contribution in [0.1, 0.15) is 227 Å². The Hall–Kier alpha value is -1.14. The van der Waals surface area contributed by atoms with Crippen LogP contribution in [-0.4, -0.2) is 49.5 Å². The van der Waals surface area contributed by atoms with E-state index in [1.54, 1.807) is 0 Å². The number of nitrogens with one attached hydrogen (secondary N) is 1. The molecular weight excluding hydrogens is 598 g/mol. The van der Waals surface area contributed by atoms with Crippen LogP contribution in [0.5, 0.6) is 0 Å². The lowest BCUT2D eigenvalue weighted by molar-refractivity contribution is -0.150. The molecule has 0 aliphatic rings. The average Bonchev–Trinajstić information content (AvgIpc) is 3.08. The molecule has 0 amide bonds. The first-order valence-corrected chi connectivity index (χ1v) is 21.2. The van der Waals surface area contributed by atoms with Gasteiger partial charge in [-0.15, -0.1) is 0 Å². The van der Waals surface area contributed by atoms with Crippen molar-refractivity contribution in [3.63, 3.8) is 0 Å². The van der Waals surface area contributed by atoms with E-state index in [2.05, 4.69) is 33.0 Å². The van der Waals surface area contributed by atoms with E-state index >= 15 is 0 Å². The van der Waals surface area contributed by atoms with Crippen molar-refractivity contribution in [1.82, 2.24) is 5.32 Å². The molecule has 0 radical (unpaired) electrons. The van der Waals surface area contributed by atoms with Gasteiger partial charge in [-0.3, -0.25) is 9.59 Å². The number of aliphatic hydroxyl groups is 1. The number of rotatable bonds is 37. The molecule has 0 aliphatic heterocycles. The van der Waals surface area contributed by atoms with E-state index in [-0.39, 0.29) is 24.6 Å². The summed E-state index contributed by atoms with van der Waals surface area (Å²) in [7, 11) is 0. The average molecular weight is 684 g/mol. The lowest BCUT2D eigenvalue weighted by Gasteiger charge is -2.18. The monoisotopic (exact) mass is 684 g/mol. The zero-order valence-corrected chi connectivity index (χ0v) is 32.9. The summed E-state index contributed by atoms with van der Waals surface area (Å²) in [6, 6.07) is 0. The van der Waals surface area contributed by atoms with Gasteiger partial charge >= 0.3 is 11.9 Å². The fraction of sp³-hybridized carbons (Fsp3) is 0.952. The summed E-state index contributed by atoms with van der Waals surface area (Å²) in [5.74, 6) is 0.0102. The minimum Gasteiger partial charge on any atom is -0.466 e. The minimum atomic E-state index is -0.0272. The number of hydrogen-bond acceptors (Lipinski definition) is 6. The Morgan fingerprint density at radius 1 is 0.479 bits per heavy atom. The predicted molar refractivity (Wildman–Crippen MR) is 207 cm³/mol. The highest BCUT2D eigenvalue weighted by Crippen LogP contribution is 2.18. The van der Waals surface area contributed by atoms with Crippen LogP contribution >= 0.6 is 0 Å². The van der Waals surface area contributed by atoms with Gasteiger partial charge < -0.3 is 19.9 Å². The fourth-order valence-electron chi connectivity index (χ4n) is 5.90. The van der Waals surface area contributed by atoms with Crippen LogP contribution in [-0.2, 0) is 19.1 Å². The molecule has 6 nitrogen and oxygen atoms in total. The second kappa shape index (κ2) is 43.9. The number of ether oxygens (including phenoxy) is 2. The maximum atomic E-state index is 12.1. The van der Waals surface area contributed by atoms with Gasteiger partial charge in [-0.05, 0) is 57.9 Å². The Morgan fingerprint density at radius 2 is 0.875 bits per heavy atom. The van der Waals surface area contributed by atoms with Crippen molar-refractivity contribution in [2.24, 2.45) is 0 Å². The van der Waals surface area contributed by atoms with Gasteiger partial charge in [-0.25, -0.2) is 0 Å². The summed E-state index contributed by atoms with van der Waals surface area (Å²) in [5, 5.41) is 11.8. The molecular formula is C42H85NO5. The second-order valence-corrected chi connectivity index (χ2v) is 14.0. The molecule has 0 rings (SSSR count). The highest BCUT2D eigenvalue weighted by Gasteiger charge is 2.14. The van der Waals surface area contributed by atoms with Crippen molar-refractivity contribution in [3.05, 3.63) is 0 Å². The van der Waals surface area contributed by atoms with Gasteiger partial charge in [-0.2, -0.15) is 0 Å². The maximum Gasteiger partial charge on any atom is 0.306 e. The predicted octanol–water partition coefficient (Wildman–Crippen LogP) is 12.2. The van der Waals surface area contributed by atoms with Crippen molar-refractivity contribution in [3.8, 4) is 0 Å². The molecule has 0 aromatic heterocycles. The van der Waals surface area contributed by atoms with E-state index in [1.807, 2.05) is 0 Å². The summed E-state index contributed by atoms with van der Waals surface area (Å²) < 4.78 is 11.1. The molecule has 0 aliphatic carbocycles. The standard InChI is InChI=1S/C23H46O2.C19H39NO3/c1-4-7-10-12-14-17-19-22(20-18-15-13-11-8-5-2)25-23(24)21-16-9-6-3;1-2-3-4-5-6-10-13-18-23-19(22)14-11-8-7-9-12-15-20-16-17-21/h22H,4-21H2,1-3H3;20-21H,2-18H2,1H3.